The second-order valence-electron chi connectivity index (χ2n) is 3.48. The number of hydrogen-bond donors (Lipinski definition) is 1. The molecule has 1 saturated heterocycles. The number of nitrogens with one attached hydrogen (secondary N) is 1. The van der Waals surface area contributed by atoms with Gasteiger partial charge in [-0.05, 0) is 17.7 Å². The van der Waals surface area contributed by atoms with Crippen LogP contribution < -0.4 is 10.1 Å². The zero-order valence-corrected chi connectivity index (χ0v) is 9.34. The zero-order valence-electron chi connectivity index (χ0n) is 8.53. The second kappa shape index (κ2) is 5.03. The fourth-order valence-electron chi connectivity index (χ4n) is 1.74. The Hall–Kier alpha value is -1.22. The fourth-order valence-corrected chi connectivity index (χ4v) is 1.74. The number of amides is 1. The molecule has 4 heteroatoms. The minimum Gasteiger partial charge on any atom is -0.497 e. The van der Waals surface area contributed by atoms with Crippen LogP contribution in [0.25, 0.3) is 0 Å². The molecule has 0 bridgehead atoms. The molecule has 1 amide bonds. The van der Waals surface area contributed by atoms with Crippen LogP contribution in [0.4, 0.5) is 0 Å². The van der Waals surface area contributed by atoms with Gasteiger partial charge in [-0.15, -0.1) is 12.4 Å². The van der Waals surface area contributed by atoms with Gasteiger partial charge in [0, 0.05) is 18.9 Å². The molecule has 1 aliphatic rings. The number of ether oxygens (including phenoxy) is 1. The molecule has 1 fully saturated rings. The van der Waals surface area contributed by atoms with Crippen LogP contribution in [0.5, 0.6) is 5.75 Å². The van der Waals surface area contributed by atoms with Crippen molar-refractivity contribution in [2.75, 3.05) is 13.7 Å². The fraction of sp³-hybridized carbons (Fsp3) is 0.364. The Morgan fingerprint density at radius 3 is 2.87 bits per heavy atom. The number of carbonyl (C=O) groups excluding carboxylic acids is 1. The van der Waals surface area contributed by atoms with Gasteiger partial charge in [-0.25, -0.2) is 0 Å². The summed E-state index contributed by atoms with van der Waals surface area (Å²) in [6.45, 7) is 0.742. The molecule has 0 spiro atoms. The van der Waals surface area contributed by atoms with E-state index in [1.807, 2.05) is 24.3 Å². The molecule has 1 heterocycles. The highest BCUT2D eigenvalue weighted by Gasteiger charge is 2.22. The van der Waals surface area contributed by atoms with Crippen molar-refractivity contribution in [3.63, 3.8) is 0 Å². The van der Waals surface area contributed by atoms with Gasteiger partial charge < -0.3 is 10.1 Å². The van der Waals surface area contributed by atoms with E-state index in [4.69, 9.17) is 4.74 Å². The van der Waals surface area contributed by atoms with Gasteiger partial charge in [0.05, 0.1) is 7.11 Å². The van der Waals surface area contributed by atoms with E-state index in [0.29, 0.717) is 12.3 Å². The molecule has 1 aromatic carbocycles. The molecule has 1 aromatic rings. The summed E-state index contributed by atoms with van der Waals surface area (Å²) in [5, 5.41) is 2.83. The molecule has 2 rings (SSSR count). The van der Waals surface area contributed by atoms with Crippen molar-refractivity contribution in [3.8, 4) is 5.75 Å². The third kappa shape index (κ3) is 2.63. The summed E-state index contributed by atoms with van der Waals surface area (Å²) in [5.41, 5.74) is 1.17. The molecule has 0 saturated carbocycles. The number of methoxy groups -OCH3 is 1. The first-order chi connectivity index (χ1) is 6.79. The molecule has 0 unspecified atom stereocenters. The van der Waals surface area contributed by atoms with Crippen molar-refractivity contribution in [3.05, 3.63) is 29.8 Å². The molecule has 0 aliphatic carbocycles. The molecule has 82 valence electrons. The molecular formula is C11H14ClNO2. The first-order valence-corrected chi connectivity index (χ1v) is 4.70. The van der Waals surface area contributed by atoms with Crippen molar-refractivity contribution in [2.24, 2.45) is 0 Å². The highest BCUT2D eigenvalue weighted by atomic mass is 35.5. The topological polar surface area (TPSA) is 38.3 Å². The van der Waals surface area contributed by atoms with Crippen molar-refractivity contribution in [1.82, 2.24) is 5.32 Å². The summed E-state index contributed by atoms with van der Waals surface area (Å²) >= 11 is 0. The molecule has 3 nitrogen and oxygen atoms in total. The van der Waals surface area contributed by atoms with Crippen LogP contribution in [0.1, 0.15) is 17.9 Å². The van der Waals surface area contributed by atoms with E-state index in [1.165, 1.54) is 5.56 Å². The van der Waals surface area contributed by atoms with E-state index < -0.39 is 0 Å². The smallest absolute Gasteiger partial charge is 0.220 e. The Balaban J connectivity index is 0.00000112. The summed E-state index contributed by atoms with van der Waals surface area (Å²) < 4.78 is 5.14. The maximum absolute atomic E-state index is 11.0. The Morgan fingerprint density at radius 2 is 2.27 bits per heavy atom. The van der Waals surface area contributed by atoms with E-state index >= 15 is 0 Å². The summed E-state index contributed by atoms with van der Waals surface area (Å²) in [7, 11) is 1.65. The lowest BCUT2D eigenvalue weighted by Gasteiger charge is -2.08. The van der Waals surface area contributed by atoms with Gasteiger partial charge in [0.2, 0.25) is 5.91 Å². The summed E-state index contributed by atoms with van der Waals surface area (Å²) in [6.07, 6.45) is 0.590. The van der Waals surface area contributed by atoms with Crippen molar-refractivity contribution < 1.29 is 9.53 Å². The molecule has 1 aliphatic heterocycles. The van der Waals surface area contributed by atoms with E-state index in [-0.39, 0.29) is 18.3 Å². The number of rotatable bonds is 2. The van der Waals surface area contributed by atoms with E-state index in [1.54, 1.807) is 7.11 Å². The molecule has 15 heavy (non-hydrogen) atoms. The average molecular weight is 228 g/mol. The third-order valence-corrected chi connectivity index (χ3v) is 2.54. The highest BCUT2D eigenvalue weighted by Crippen LogP contribution is 2.25. The van der Waals surface area contributed by atoms with Crippen LogP contribution in [0.2, 0.25) is 0 Å². The summed E-state index contributed by atoms with van der Waals surface area (Å²) in [6, 6.07) is 7.89. The molecular weight excluding hydrogens is 214 g/mol. The number of hydrogen-bond acceptors (Lipinski definition) is 2. The van der Waals surface area contributed by atoms with Gasteiger partial charge in [0.1, 0.15) is 5.75 Å². The molecule has 1 N–H and O–H groups in total. The van der Waals surface area contributed by atoms with Crippen LogP contribution in [-0.2, 0) is 4.79 Å². The van der Waals surface area contributed by atoms with Crippen molar-refractivity contribution in [2.45, 2.75) is 12.3 Å². The predicted molar refractivity (Wildman–Crippen MR) is 60.6 cm³/mol. The van der Waals surface area contributed by atoms with Crippen LogP contribution in [-0.4, -0.2) is 19.6 Å². The average Bonchev–Trinajstić information content (AvgIpc) is 2.65. The summed E-state index contributed by atoms with van der Waals surface area (Å²) in [5.74, 6) is 1.29. The Morgan fingerprint density at radius 1 is 1.47 bits per heavy atom. The standard InChI is InChI=1S/C11H13NO2.ClH/c1-14-10-4-2-3-8(5-10)9-6-11(13)12-7-9;/h2-5,9H,6-7H2,1H3,(H,12,13);1H/t9-;/m0./s1. The van der Waals surface area contributed by atoms with Crippen LogP contribution in [0.15, 0.2) is 24.3 Å². The second-order valence-corrected chi connectivity index (χ2v) is 3.48. The SMILES string of the molecule is COc1cccc([C@@H]2CNC(=O)C2)c1.Cl. The lowest BCUT2D eigenvalue weighted by Crippen LogP contribution is -2.13. The third-order valence-electron chi connectivity index (χ3n) is 2.54. The molecule has 0 radical (unpaired) electrons. The Bertz CT molecular complexity index is 354. The largest absolute Gasteiger partial charge is 0.497 e. The van der Waals surface area contributed by atoms with E-state index in [2.05, 4.69) is 5.32 Å². The maximum atomic E-state index is 11.0. The quantitative estimate of drug-likeness (QED) is 0.836. The van der Waals surface area contributed by atoms with Crippen molar-refractivity contribution in [1.29, 1.82) is 0 Å². The summed E-state index contributed by atoms with van der Waals surface area (Å²) in [4.78, 5) is 11.0. The normalized spacial score (nSPS) is 19.3. The minimum absolute atomic E-state index is 0. The first kappa shape index (κ1) is 11.9. The van der Waals surface area contributed by atoms with Crippen molar-refractivity contribution >= 4 is 18.3 Å². The maximum Gasteiger partial charge on any atom is 0.220 e. The van der Waals surface area contributed by atoms with Gasteiger partial charge in [-0.1, -0.05) is 12.1 Å². The number of benzene rings is 1. The van der Waals surface area contributed by atoms with E-state index in [9.17, 15) is 4.79 Å². The van der Waals surface area contributed by atoms with Crippen LogP contribution in [0, 0.1) is 0 Å². The van der Waals surface area contributed by atoms with E-state index in [0.717, 1.165) is 12.3 Å². The van der Waals surface area contributed by atoms with Crippen LogP contribution >= 0.6 is 12.4 Å². The number of carbonyl (C=O) groups is 1. The first-order valence-electron chi connectivity index (χ1n) is 4.70. The molecule has 0 aromatic heterocycles. The van der Waals surface area contributed by atoms with Gasteiger partial charge in [0.25, 0.3) is 0 Å². The monoisotopic (exact) mass is 227 g/mol. The Labute approximate surface area is 95.2 Å². The van der Waals surface area contributed by atoms with Gasteiger partial charge in [-0.2, -0.15) is 0 Å². The van der Waals surface area contributed by atoms with Gasteiger partial charge in [0.15, 0.2) is 0 Å². The highest BCUT2D eigenvalue weighted by molar-refractivity contribution is 5.85. The lowest BCUT2D eigenvalue weighted by atomic mass is 9.98. The predicted octanol–water partition coefficient (Wildman–Crippen LogP) is 1.72. The van der Waals surface area contributed by atoms with Crippen LogP contribution in [0.3, 0.4) is 0 Å². The zero-order chi connectivity index (χ0) is 9.97. The minimum atomic E-state index is 0. The van der Waals surface area contributed by atoms with Gasteiger partial charge in [-0.3, -0.25) is 4.79 Å². The number of halogens is 1. The Kier molecular flexibility index (Phi) is 3.97. The van der Waals surface area contributed by atoms with Gasteiger partial charge >= 0.3 is 0 Å². The molecule has 1 atom stereocenters. The lowest BCUT2D eigenvalue weighted by molar-refractivity contribution is -0.119.